The normalized spacial score (nSPS) is 20.3. The van der Waals surface area contributed by atoms with E-state index < -0.39 is 0 Å². The summed E-state index contributed by atoms with van der Waals surface area (Å²) in [4.78, 5) is 18.6. The number of aromatic amines is 1. The van der Waals surface area contributed by atoms with Crippen LogP contribution in [0.25, 0.3) is 10.9 Å². The van der Waals surface area contributed by atoms with Crippen LogP contribution < -0.4 is 5.56 Å². The molecule has 0 bridgehead atoms. The highest BCUT2D eigenvalue weighted by atomic mass is 16.5. The SMILES string of the molecule is Cc1ccc2[nH]c(=O)c(CN(CC3CCCO3)C(c3nnnn3C3CCCCC3)C(C)C)cc2c1. The van der Waals surface area contributed by atoms with Crippen molar-refractivity contribution >= 4 is 10.9 Å². The van der Waals surface area contributed by atoms with Crippen LogP contribution in [0.4, 0.5) is 0 Å². The third kappa shape index (κ3) is 5.33. The fourth-order valence-electron chi connectivity index (χ4n) is 5.90. The van der Waals surface area contributed by atoms with Crippen LogP contribution in [0.3, 0.4) is 0 Å². The molecule has 8 nitrogen and oxygen atoms in total. The Morgan fingerprint density at radius 3 is 2.71 bits per heavy atom. The smallest absolute Gasteiger partial charge is 0.252 e. The highest BCUT2D eigenvalue weighted by Crippen LogP contribution is 2.34. The van der Waals surface area contributed by atoms with E-state index in [1.165, 1.54) is 24.8 Å². The van der Waals surface area contributed by atoms with Gasteiger partial charge in [0, 0.05) is 30.8 Å². The molecular formula is C27H38N6O2. The molecule has 3 heterocycles. The molecule has 1 saturated carbocycles. The van der Waals surface area contributed by atoms with Gasteiger partial charge in [0.2, 0.25) is 0 Å². The van der Waals surface area contributed by atoms with Gasteiger partial charge in [0.25, 0.3) is 5.56 Å². The molecule has 1 N–H and O–H groups in total. The Morgan fingerprint density at radius 1 is 1.14 bits per heavy atom. The number of nitrogens with one attached hydrogen (secondary N) is 1. The fraction of sp³-hybridized carbons (Fsp3) is 0.630. The van der Waals surface area contributed by atoms with Gasteiger partial charge in [-0.25, -0.2) is 4.68 Å². The lowest BCUT2D eigenvalue weighted by Gasteiger charge is -2.36. The number of hydrogen-bond donors (Lipinski definition) is 1. The van der Waals surface area contributed by atoms with E-state index in [0.29, 0.717) is 12.6 Å². The molecule has 1 aromatic carbocycles. The first kappa shape index (κ1) is 24.1. The van der Waals surface area contributed by atoms with Gasteiger partial charge in [0.05, 0.1) is 18.2 Å². The molecule has 0 amide bonds. The number of fused-ring (bicyclic) bond motifs is 1. The van der Waals surface area contributed by atoms with E-state index in [-0.39, 0.29) is 23.6 Å². The number of H-pyrrole nitrogens is 1. The zero-order valence-corrected chi connectivity index (χ0v) is 21.2. The quantitative estimate of drug-likeness (QED) is 0.505. The zero-order chi connectivity index (χ0) is 24.4. The van der Waals surface area contributed by atoms with Crippen molar-refractivity contribution in [2.24, 2.45) is 5.92 Å². The average Bonchev–Trinajstić information content (AvgIpc) is 3.53. The van der Waals surface area contributed by atoms with Gasteiger partial charge in [-0.3, -0.25) is 9.69 Å². The molecule has 5 rings (SSSR count). The summed E-state index contributed by atoms with van der Waals surface area (Å²) in [7, 11) is 0. The topological polar surface area (TPSA) is 88.9 Å². The summed E-state index contributed by atoms with van der Waals surface area (Å²) in [5, 5.41) is 14.2. The first-order chi connectivity index (χ1) is 17.0. The minimum Gasteiger partial charge on any atom is -0.377 e. The maximum Gasteiger partial charge on any atom is 0.252 e. The highest BCUT2D eigenvalue weighted by Gasteiger charge is 2.34. The molecule has 1 aliphatic heterocycles. The standard InChI is InChI=1S/C27H38N6O2/c1-18(2)25(26-29-30-31-33(26)22-8-5-4-6-9-22)32(17-23-10-7-13-35-23)16-21-15-20-14-19(3)11-12-24(20)28-27(21)34/h11-12,14-15,18,22-23,25H,4-10,13,16-17H2,1-3H3,(H,28,34). The van der Waals surface area contributed by atoms with Gasteiger partial charge in [-0.15, -0.1) is 5.10 Å². The number of hydrogen-bond acceptors (Lipinski definition) is 6. The Morgan fingerprint density at radius 2 is 1.97 bits per heavy atom. The van der Waals surface area contributed by atoms with Crippen LogP contribution in [-0.2, 0) is 11.3 Å². The van der Waals surface area contributed by atoms with E-state index in [1.54, 1.807) is 0 Å². The lowest BCUT2D eigenvalue weighted by atomic mass is 9.94. The van der Waals surface area contributed by atoms with E-state index in [9.17, 15) is 4.79 Å². The third-order valence-corrected chi connectivity index (χ3v) is 7.64. The number of tetrazole rings is 1. The Labute approximate surface area is 207 Å². The second kappa shape index (κ2) is 10.6. The van der Waals surface area contributed by atoms with Crippen molar-refractivity contribution in [2.45, 2.75) is 90.4 Å². The lowest BCUT2D eigenvalue weighted by Crippen LogP contribution is -2.40. The molecular weight excluding hydrogens is 440 g/mol. The second-order valence-electron chi connectivity index (χ2n) is 10.7. The maximum atomic E-state index is 13.1. The summed E-state index contributed by atoms with van der Waals surface area (Å²) in [6.45, 7) is 8.61. The van der Waals surface area contributed by atoms with Crippen LogP contribution in [0.15, 0.2) is 29.1 Å². The van der Waals surface area contributed by atoms with Gasteiger partial charge < -0.3 is 9.72 Å². The molecule has 188 valence electrons. The predicted molar refractivity (Wildman–Crippen MR) is 136 cm³/mol. The highest BCUT2D eigenvalue weighted by molar-refractivity contribution is 5.79. The largest absolute Gasteiger partial charge is 0.377 e. The van der Waals surface area contributed by atoms with Crippen molar-refractivity contribution in [3.63, 3.8) is 0 Å². The number of aryl methyl sites for hydroxylation is 1. The van der Waals surface area contributed by atoms with E-state index >= 15 is 0 Å². The molecule has 2 fully saturated rings. The summed E-state index contributed by atoms with van der Waals surface area (Å²) >= 11 is 0. The van der Waals surface area contributed by atoms with Gasteiger partial charge >= 0.3 is 0 Å². The van der Waals surface area contributed by atoms with Gasteiger partial charge in [-0.1, -0.05) is 44.7 Å². The lowest BCUT2D eigenvalue weighted by molar-refractivity contribution is 0.0375. The van der Waals surface area contributed by atoms with E-state index in [4.69, 9.17) is 4.74 Å². The summed E-state index contributed by atoms with van der Waals surface area (Å²) in [5.41, 5.74) is 2.78. The van der Waals surface area contributed by atoms with E-state index in [0.717, 1.165) is 61.1 Å². The van der Waals surface area contributed by atoms with Gasteiger partial charge in [-0.2, -0.15) is 0 Å². The monoisotopic (exact) mass is 478 g/mol. The molecule has 0 radical (unpaired) electrons. The van der Waals surface area contributed by atoms with Crippen molar-refractivity contribution in [2.75, 3.05) is 13.2 Å². The number of aromatic nitrogens is 5. The molecule has 2 atom stereocenters. The molecule has 1 saturated heterocycles. The molecule has 3 aromatic rings. The van der Waals surface area contributed by atoms with Crippen molar-refractivity contribution < 1.29 is 4.74 Å². The number of rotatable bonds is 8. The zero-order valence-electron chi connectivity index (χ0n) is 21.2. The fourth-order valence-corrected chi connectivity index (χ4v) is 5.90. The van der Waals surface area contributed by atoms with E-state index in [1.807, 2.05) is 18.2 Å². The van der Waals surface area contributed by atoms with Crippen LogP contribution in [0.2, 0.25) is 0 Å². The Hall–Kier alpha value is -2.58. The summed E-state index contributed by atoms with van der Waals surface area (Å²) in [5.74, 6) is 1.18. The second-order valence-corrected chi connectivity index (χ2v) is 10.7. The first-order valence-electron chi connectivity index (χ1n) is 13.3. The third-order valence-electron chi connectivity index (χ3n) is 7.64. The predicted octanol–water partition coefficient (Wildman–Crippen LogP) is 4.71. The molecule has 1 aliphatic carbocycles. The molecule has 35 heavy (non-hydrogen) atoms. The Kier molecular flexibility index (Phi) is 7.29. The van der Waals surface area contributed by atoms with E-state index in [2.05, 4.69) is 56.9 Å². The van der Waals surface area contributed by atoms with Crippen molar-refractivity contribution in [1.82, 2.24) is 30.1 Å². The maximum absolute atomic E-state index is 13.1. The van der Waals surface area contributed by atoms with Gasteiger partial charge in [-0.05, 0) is 72.5 Å². The number of nitrogens with zero attached hydrogens (tertiary/aromatic N) is 5. The molecule has 2 aromatic heterocycles. The summed E-state index contributed by atoms with van der Waals surface area (Å²) in [6, 6.07) is 8.53. The van der Waals surface area contributed by atoms with Gasteiger partial charge in [0.1, 0.15) is 0 Å². The molecule has 2 aliphatic rings. The molecule has 8 heteroatoms. The first-order valence-corrected chi connectivity index (χ1v) is 13.3. The Bertz CT molecular complexity index is 1190. The van der Waals surface area contributed by atoms with Crippen LogP contribution >= 0.6 is 0 Å². The van der Waals surface area contributed by atoms with Crippen LogP contribution in [0.5, 0.6) is 0 Å². The van der Waals surface area contributed by atoms with Crippen LogP contribution in [0.1, 0.15) is 87.8 Å². The van der Waals surface area contributed by atoms with Crippen molar-refractivity contribution in [3.05, 3.63) is 51.6 Å². The number of benzene rings is 1. The number of pyridine rings is 1. The minimum atomic E-state index is -0.0342. The molecule has 0 spiro atoms. The van der Waals surface area contributed by atoms with Crippen LogP contribution in [-0.4, -0.2) is 49.3 Å². The number of ether oxygens (including phenoxy) is 1. The molecule has 2 unspecified atom stereocenters. The minimum absolute atomic E-state index is 0.0104. The average molecular weight is 479 g/mol. The Balaban J connectivity index is 1.51. The van der Waals surface area contributed by atoms with Crippen LogP contribution in [0, 0.1) is 12.8 Å². The summed E-state index contributed by atoms with van der Waals surface area (Å²) < 4.78 is 8.13. The summed E-state index contributed by atoms with van der Waals surface area (Å²) in [6.07, 6.45) is 8.27. The van der Waals surface area contributed by atoms with Crippen molar-refractivity contribution in [1.29, 1.82) is 0 Å². The van der Waals surface area contributed by atoms with Gasteiger partial charge in [0.15, 0.2) is 5.82 Å². The van der Waals surface area contributed by atoms with Crippen molar-refractivity contribution in [3.8, 4) is 0 Å².